The number of aryl methyl sites for hydroxylation is 1. The van der Waals surface area contributed by atoms with Gasteiger partial charge in [0.2, 0.25) is 0 Å². The normalized spacial score (nSPS) is 11.8. The van der Waals surface area contributed by atoms with Crippen molar-refractivity contribution in [3.63, 3.8) is 0 Å². The lowest BCUT2D eigenvalue weighted by atomic mass is 10.1. The maximum Gasteiger partial charge on any atom is 0.143 e. The van der Waals surface area contributed by atoms with Gasteiger partial charge in [-0.15, -0.1) is 0 Å². The monoisotopic (exact) mass is 197 g/mol. The molecule has 0 fully saturated rings. The molecule has 1 N–H and O–H groups in total. The number of aromatic hydroxyl groups is 1. The molecule has 0 aliphatic carbocycles. The van der Waals surface area contributed by atoms with E-state index < -0.39 is 0 Å². The summed E-state index contributed by atoms with van der Waals surface area (Å²) in [7, 11) is 1.69. The minimum atomic E-state index is 0.107. The highest BCUT2D eigenvalue weighted by molar-refractivity contribution is 6.32. The summed E-state index contributed by atoms with van der Waals surface area (Å²) in [5.74, 6) is 0.107. The molecular weight excluding hydrogens is 186 g/mol. The van der Waals surface area contributed by atoms with Crippen molar-refractivity contribution in [2.24, 2.45) is 4.99 Å². The molecule has 0 amide bonds. The molecule has 70 valence electrons. The van der Waals surface area contributed by atoms with Crippen LogP contribution in [-0.4, -0.2) is 17.9 Å². The topological polar surface area (TPSA) is 32.6 Å². The Labute approximate surface area is 82.9 Å². The number of phenolic OH excluding ortho intramolecular Hbond substituents is 1. The Morgan fingerprint density at radius 2 is 2.08 bits per heavy atom. The van der Waals surface area contributed by atoms with Crippen LogP contribution in [0.15, 0.2) is 17.1 Å². The van der Waals surface area contributed by atoms with Crippen LogP contribution in [0.2, 0.25) is 5.02 Å². The van der Waals surface area contributed by atoms with Crippen LogP contribution in [0.5, 0.6) is 5.75 Å². The maximum atomic E-state index is 9.61. The van der Waals surface area contributed by atoms with Crippen LogP contribution in [0.1, 0.15) is 18.1 Å². The standard InChI is InChI=1S/C10H12ClNO/c1-6-4-8(7(2)12-3)10(13)9(11)5-6/h4-5,13H,1-3H3. The van der Waals surface area contributed by atoms with E-state index in [-0.39, 0.29) is 5.75 Å². The lowest BCUT2D eigenvalue weighted by Gasteiger charge is -2.06. The first-order valence-electron chi connectivity index (χ1n) is 3.99. The van der Waals surface area contributed by atoms with Crippen molar-refractivity contribution in [3.8, 4) is 5.75 Å². The Balaban J connectivity index is 3.37. The van der Waals surface area contributed by atoms with E-state index in [1.807, 2.05) is 19.9 Å². The van der Waals surface area contributed by atoms with Crippen molar-refractivity contribution in [1.29, 1.82) is 0 Å². The maximum absolute atomic E-state index is 9.61. The van der Waals surface area contributed by atoms with Gasteiger partial charge < -0.3 is 5.11 Å². The zero-order chi connectivity index (χ0) is 10.0. The van der Waals surface area contributed by atoms with Crippen LogP contribution in [0.4, 0.5) is 0 Å². The third-order valence-corrected chi connectivity index (χ3v) is 2.22. The molecule has 0 saturated heterocycles. The highest BCUT2D eigenvalue weighted by Crippen LogP contribution is 2.29. The van der Waals surface area contributed by atoms with Gasteiger partial charge in [0.15, 0.2) is 0 Å². The summed E-state index contributed by atoms with van der Waals surface area (Å²) in [6.45, 7) is 3.77. The van der Waals surface area contributed by atoms with Gasteiger partial charge in [0.1, 0.15) is 5.75 Å². The van der Waals surface area contributed by atoms with E-state index in [1.165, 1.54) is 0 Å². The SMILES string of the molecule is CN=C(C)c1cc(C)cc(Cl)c1O. The van der Waals surface area contributed by atoms with Gasteiger partial charge in [0.25, 0.3) is 0 Å². The Hall–Kier alpha value is -1.02. The lowest BCUT2D eigenvalue weighted by molar-refractivity contribution is 0.474. The molecule has 0 aliphatic heterocycles. The van der Waals surface area contributed by atoms with E-state index in [0.29, 0.717) is 10.6 Å². The molecule has 3 heteroatoms. The summed E-state index contributed by atoms with van der Waals surface area (Å²) < 4.78 is 0. The first-order valence-corrected chi connectivity index (χ1v) is 4.37. The van der Waals surface area contributed by atoms with Crippen molar-refractivity contribution >= 4 is 17.3 Å². The molecule has 0 atom stereocenters. The first kappa shape index (κ1) is 10.1. The molecule has 0 heterocycles. The van der Waals surface area contributed by atoms with E-state index in [0.717, 1.165) is 11.3 Å². The molecule has 1 aromatic rings. The largest absolute Gasteiger partial charge is 0.506 e. The Morgan fingerprint density at radius 1 is 1.46 bits per heavy atom. The fourth-order valence-electron chi connectivity index (χ4n) is 1.13. The zero-order valence-electron chi connectivity index (χ0n) is 7.93. The second kappa shape index (κ2) is 3.79. The van der Waals surface area contributed by atoms with Gasteiger partial charge in [0.05, 0.1) is 5.02 Å². The van der Waals surface area contributed by atoms with Crippen LogP contribution >= 0.6 is 11.6 Å². The predicted octanol–water partition coefficient (Wildman–Crippen LogP) is 2.79. The van der Waals surface area contributed by atoms with Gasteiger partial charge in [-0.25, -0.2) is 0 Å². The summed E-state index contributed by atoms with van der Waals surface area (Å²) in [6.07, 6.45) is 0. The molecule has 0 bridgehead atoms. The van der Waals surface area contributed by atoms with E-state index in [2.05, 4.69) is 4.99 Å². The number of benzene rings is 1. The third kappa shape index (κ3) is 2.01. The number of phenols is 1. The van der Waals surface area contributed by atoms with Crippen LogP contribution in [0, 0.1) is 6.92 Å². The number of halogens is 1. The Kier molecular flexibility index (Phi) is 2.94. The fraction of sp³-hybridized carbons (Fsp3) is 0.300. The van der Waals surface area contributed by atoms with E-state index in [4.69, 9.17) is 11.6 Å². The van der Waals surface area contributed by atoms with Crippen LogP contribution in [-0.2, 0) is 0 Å². The molecule has 0 aromatic heterocycles. The van der Waals surface area contributed by atoms with Gasteiger partial charge in [-0.1, -0.05) is 11.6 Å². The predicted molar refractivity (Wildman–Crippen MR) is 56.0 cm³/mol. The fourth-order valence-corrected chi connectivity index (χ4v) is 1.40. The third-order valence-electron chi connectivity index (χ3n) is 1.93. The smallest absolute Gasteiger partial charge is 0.143 e. The molecule has 2 nitrogen and oxygen atoms in total. The Morgan fingerprint density at radius 3 is 2.62 bits per heavy atom. The zero-order valence-corrected chi connectivity index (χ0v) is 8.68. The van der Waals surface area contributed by atoms with Gasteiger partial charge in [-0.05, 0) is 31.5 Å². The molecule has 0 aliphatic rings. The average molecular weight is 198 g/mol. The van der Waals surface area contributed by atoms with Crippen LogP contribution < -0.4 is 0 Å². The molecule has 0 spiro atoms. The summed E-state index contributed by atoms with van der Waals surface area (Å²) >= 11 is 5.82. The second-order valence-corrected chi connectivity index (χ2v) is 3.36. The molecule has 0 radical (unpaired) electrons. The van der Waals surface area contributed by atoms with E-state index >= 15 is 0 Å². The molecule has 0 saturated carbocycles. The van der Waals surface area contributed by atoms with E-state index in [1.54, 1.807) is 13.1 Å². The minimum Gasteiger partial charge on any atom is -0.506 e. The number of hydrogen-bond acceptors (Lipinski definition) is 2. The molecule has 1 rings (SSSR count). The number of hydrogen-bond donors (Lipinski definition) is 1. The molecular formula is C10H12ClNO. The van der Waals surface area contributed by atoms with Gasteiger partial charge >= 0.3 is 0 Å². The van der Waals surface area contributed by atoms with Gasteiger partial charge in [0, 0.05) is 18.3 Å². The lowest BCUT2D eigenvalue weighted by Crippen LogP contribution is -1.96. The van der Waals surface area contributed by atoms with Crippen molar-refractivity contribution in [1.82, 2.24) is 0 Å². The van der Waals surface area contributed by atoms with Crippen molar-refractivity contribution in [2.45, 2.75) is 13.8 Å². The minimum absolute atomic E-state index is 0.107. The van der Waals surface area contributed by atoms with E-state index in [9.17, 15) is 5.11 Å². The van der Waals surface area contributed by atoms with Crippen molar-refractivity contribution in [2.75, 3.05) is 7.05 Å². The summed E-state index contributed by atoms with van der Waals surface area (Å²) in [5, 5.41) is 9.98. The summed E-state index contributed by atoms with van der Waals surface area (Å²) in [5.41, 5.74) is 2.50. The quantitative estimate of drug-likeness (QED) is 0.690. The molecule has 13 heavy (non-hydrogen) atoms. The number of aliphatic imine (C=N–C) groups is 1. The molecule has 0 unspecified atom stereocenters. The van der Waals surface area contributed by atoms with Gasteiger partial charge in [-0.2, -0.15) is 0 Å². The Bertz CT molecular complexity index is 358. The number of nitrogens with zero attached hydrogens (tertiary/aromatic N) is 1. The van der Waals surface area contributed by atoms with Crippen LogP contribution in [0.25, 0.3) is 0 Å². The number of rotatable bonds is 1. The highest BCUT2D eigenvalue weighted by atomic mass is 35.5. The second-order valence-electron chi connectivity index (χ2n) is 2.95. The summed E-state index contributed by atoms with van der Waals surface area (Å²) in [4.78, 5) is 4.00. The molecule has 1 aromatic carbocycles. The van der Waals surface area contributed by atoms with Crippen molar-refractivity contribution < 1.29 is 5.11 Å². The first-order chi connectivity index (χ1) is 6.06. The van der Waals surface area contributed by atoms with Crippen LogP contribution in [0.3, 0.4) is 0 Å². The highest BCUT2D eigenvalue weighted by Gasteiger charge is 2.08. The average Bonchev–Trinajstić information content (AvgIpc) is 2.10. The summed E-state index contributed by atoms with van der Waals surface area (Å²) in [6, 6.07) is 3.59. The van der Waals surface area contributed by atoms with Gasteiger partial charge in [-0.3, -0.25) is 4.99 Å². The van der Waals surface area contributed by atoms with Crippen molar-refractivity contribution in [3.05, 3.63) is 28.3 Å².